The van der Waals surface area contributed by atoms with Crippen LogP contribution in [-0.4, -0.2) is 10.2 Å². The third-order valence-corrected chi connectivity index (χ3v) is 1.24. The van der Waals surface area contributed by atoms with E-state index in [1.54, 1.807) is 0 Å². The molecule has 0 aromatic carbocycles. The van der Waals surface area contributed by atoms with Crippen LogP contribution in [0.4, 0.5) is 0 Å². The summed E-state index contributed by atoms with van der Waals surface area (Å²) in [7, 11) is 0. The van der Waals surface area contributed by atoms with Gasteiger partial charge in [0, 0.05) is 0 Å². The number of hydrogen-bond acceptors (Lipinski definition) is 4. The van der Waals surface area contributed by atoms with Crippen LogP contribution in [0.15, 0.2) is 10.2 Å². The Balaban J connectivity index is 3.01. The number of nitrogens with one attached hydrogen (secondary N) is 1. The minimum Gasteiger partial charge on any atom is -0.321 e. The van der Waals surface area contributed by atoms with E-state index >= 15 is 0 Å². The van der Waals surface area contributed by atoms with E-state index in [-0.39, 0.29) is 10.8 Å². The van der Waals surface area contributed by atoms with Crippen molar-refractivity contribution >= 4 is 11.3 Å². The zero-order valence-corrected chi connectivity index (χ0v) is 4.57. The van der Waals surface area contributed by atoms with Gasteiger partial charge in [-0.25, -0.2) is 5.26 Å². The Bertz CT molecular complexity index is 214. The van der Waals surface area contributed by atoms with Gasteiger partial charge in [-0.05, 0) is 0 Å². The summed E-state index contributed by atoms with van der Waals surface area (Å²) in [4.78, 5) is 15.9. The molecule has 0 atom stereocenters. The Morgan fingerprint density at radius 2 is 2.62 bits per heavy atom. The van der Waals surface area contributed by atoms with E-state index in [9.17, 15) is 4.79 Å². The van der Waals surface area contributed by atoms with Gasteiger partial charge in [0.25, 0.3) is 0 Å². The molecule has 0 aliphatic heterocycles. The Morgan fingerprint density at radius 1 is 1.88 bits per heavy atom. The molecule has 2 N–H and O–H groups in total. The molecule has 5 heteroatoms. The summed E-state index contributed by atoms with van der Waals surface area (Å²) in [5.74, 6) is 0.0833. The second-order valence-corrected chi connectivity index (χ2v) is 1.95. The van der Waals surface area contributed by atoms with E-state index in [0.717, 1.165) is 11.3 Å². The van der Waals surface area contributed by atoms with Crippen LogP contribution in [-0.2, 0) is 0 Å². The summed E-state index contributed by atoms with van der Waals surface area (Å²) in [6.45, 7) is 0. The van der Waals surface area contributed by atoms with Crippen LogP contribution in [0.5, 0.6) is 5.88 Å². The van der Waals surface area contributed by atoms with Crippen LogP contribution >= 0.6 is 11.3 Å². The van der Waals surface area contributed by atoms with Crippen LogP contribution in [0.2, 0.25) is 0 Å². The quantitative estimate of drug-likeness (QED) is 0.427. The van der Waals surface area contributed by atoms with E-state index in [0.29, 0.717) is 0 Å². The molecule has 4 nitrogen and oxygen atoms in total. The summed E-state index contributed by atoms with van der Waals surface area (Å²) in [6, 6.07) is 0. The third kappa shape index (κ3) is 0.877. The highest BCUT2D eigenvalue weighted by Crippen LogP contribution is 2.02. The molecule has 8 heavy (non-hydrogen) atoms. The molecule has 0 fully saturated rings. The van der Waals surface area contributed by atoms with E-state index in [1.165, 1.54) is 5.38 Å². The molecule has 0 aliphatic carbocycles. The molecule has 0 saturated carbocycles. The van der Waals surface area contributed by atoms with Crippen molar-refractivity contribution in [3.63, 3.8) is 0 Å². The number of aromatic nitrogens is 1. The fraction of sp³-hybridized carbons (Fsp3) is 0. The molecule has 0 spiro atoms. The van der Waals surface area contributed by atoms with Gasteiger partial charge in [-0.2, -0.15) is 0 Å². The van der Waals surface area contributed by atoms with E-state index in [2.05, 4.69) is 9.87 Å². The molecule has 1 heterocycles. The Kier molecular flexibility index (Phi) is 1.32. The normalized spacial score (nSPS) is 9.12. The number of thiazole rings is 1. The maximum atomic E-state index is 10.2. The summed E-state index contributed by atoms with van der Waals surface area (Å²) in [5.41, 5.74) is 0. The predicted octanol–water partition coefficient (Wildman–Crippen LogP) is 0.288. The average Bonchev–Trinajstić information content (AvgIpc) is 2.14. The Hall–Kier alpha value is -0.810. The minimum absolute atomic E-state index is 0.0833. The van der Waals surface area contributed by atoms with Crippen molar-refractivity contribution in [2.45, 2.75) is 0 Å². The lowest BCUT2D eigenvalue weighted by Crippen LogP contribution is -1.93. The van der Waals surface area contributed by atoms with E-state index in [1.807, 2.05) is 0 Å². The number of H-pyrrole nitrogens is 1. The predicted molar refractivity (Wildman–Crippen MR) is 28.2 cm³/mol. The van der Waals surface area contributed by atoms with Crippen LogP contribution in [0.3, 0.4) is 0 Å². The Morgan fingerprint density at radius 3 is 2.88 bits per heavy atom. The lowest BCUT2D eigenvalue weighted by Gasteiger charge is -1.82. The lowest BCUT2D eigenvalue weighted by molar-refractivity contribution is -0.141. The average molecular weight is 133 g/mol. The van der Waals surface area contributed by atoms with Crippen LogP contribution in [0.25, 0.3) is 0 Å². The first kappa shape index (κ1) is 5.33. The first-order valence-corrected chi connectivity index (χ1v) is 2.70. The van der Waals surface area contributed by atoms with Gasteiger partial charge in [0.05, 0.1) is 5.38 Å². The van der Waals surface area contributed by atoms with Crippen molar-refractivity contribution in [2.24, 2.45) is 0 Å². The highest BCUT2D eigenvalue weighted by atomic mass is 32.1. The van der Waals surface area contributed by atoms with Gasteiger partial charge in [0.1, 0.15) is 0 Å². The summed E-state index contributed by atoms with van der Waals surface area (Å²) >= 11 is 0.933. The molecule has 0 bridgehead atoms. The van der Waals surface area contributed by atoms with Gasteiger partial charge in [0.15, 0.2) is 0 Å². The topological polar surface area (TPSA) is 62.3 Å². The van der Waals surface area contributed by atoms with Gasteiger partial charge in [0.2, 0.25) is 5.88 Å². The van der Waals surface area contributed by atoms with Gasteiger partial charge >= 0.3 is 4.87 Å². The zero-order chi connectivity index (χ0) is 5.98. The molecule has 1 aromatic rings. The van der Waals surface area contributed by atoms with Gasteiger partial charge in [-0.15, -0.1) is 0 Å². The zero-order valence-electron chi connectivity index (χ0n) is 3.75. The SMILES string of the molecule is O=c1[nH]c(OO)cs1. The van der Waals surface area contributed by atoms with Crippen molar-refractivity contribution in [1.82, 2.24) is 4.98 Å². The first-order chi connectivity index (χ1) is 3.83. The van der Waals surface area contributed by atoms with E-state index < -0.39 is 0 Å². The minimum atomic E-state index is -0.242. The first-order valence-electron chi connectivity index (χ1n) is 1.82. The fourth-order valence-electron chi connectivity index (χ4n) is 0.311. The Labute approximate surface area is 48.3 Å². The highest BCUT2D eigenvalue weighted by Gasteiger charge is 1.92. The second-order valence-electron chi connectivity index (χ2n) is 1.10. The smallest absolute Gasteiger partial charge is 0.307 e. The molecule has 0 saturated heterocycles. The number of hydrogen-bond donors (Lipinski definition) is 2. The molecule has 0 radical (unpaired) electrons. The van der Waals surface area contributed by atoms with Gasteiger partial charge < -0.3 is 4.89 Å². The largest absolute Gasteiger partial charge is 0.321 e. The molecule has 1 rings (SSSR count). The summed E-state index contributed by atoms with van der Waals surface area (Å²) < 4.78 is 0. The summed E-state index contributed by atoms with van der Waals surface area (Å²) in [5, 5.41) is 9.26. The van der Waals surface area contributed by atoms with Crippen molar-refractivity contribution < 1.29 is 10.1 Å². The van der Waals surface area contributed by atoms with Crippen molar-refractivity contribution in [3.05, 3.63) is 15.0 Å². The van der Waals surface area contributed by atoms with Crippen molar-refractivity contribution in [3.8, 4) is 5.88 Å². The van der Waals surface area contributed by atoms with Crippen LogP contribution < -0.4 is 9.76 Å². The standard InChI is InChI=1S/C3H3NO3S/c5-3-4-2(7-6)1-8-3/h1,6H,(H,4,5). The molecular weight excluding hydrogens is 130 g/mol. The maximum absolute atomic E-state index is 10.2. The molecular formula is C3H3NO3S. The fourth-order valence-corrected chi connectivity index (χ4v) is 0.786. The molecule has 0 aliphatic rings. The van der Waals surface area contributed by atoms with Crippen LogP contribution in [0.1, 0.15) is 0 Å². The molecule has 44 valence electrons. The summed E-state index contributed by atoms with van der Waals surface area (Å²) in [6.07, 6.45) is 0. The van der Waals surface area contributed by atoms with Gasteiger partial charge in [-0.1, -0.05) is 11.3 Å². The number of aromatic amines is 1. The van der Waals surface area contributed by atoms with Crippen LogP contribution in [0, 0.1) is 0 Å². The lowest BCUT2D eigenvalue weighted by atomic mass is 10.9. The van der Waals surface area contributed by atoms with Gasteiger partial charge in [-0.3, -0.25) is 9.78 Å². The molecule has 0 unspecified atom stereocenters. The number of rotatable bonds is 1. The molecule has 1 aromatic heterocycles. The van der Waals surface area contributed by atoms with Crippen molar-refractivity contribution in [2.75, 3.05) is 0 Å². The second kappa shape index (κ2) is 1.97. The van der Waals surface area contributed by atoms with E-state index in [4.69, 9.17) is 5.26 Å². The monoisotopic (exact) mass is 133 g/mol. The van der Waals surface area contributed by atoms with Crippen molar-refractivity contribution in [1.29, 1.82) is 0 Å². The third-order valence-electron chi connectivity index (χ3n) is 0.597. The maximum Gasteiger partial charge on any atom is 0.307 e. The highest BCUT2D eigenvalue weighted by molar-refractivity contribution is 7.07. The molecule has 0 amide bonds.